The molecule has 3 rings (SSSR count). The van der Waals surface area contributed by atoms with Gasteiger partial charge in [0.15, 0.2) is 0 Å². The molecule has 0 saturated heterocycles. The van der Waals surface area contributed by atoms with Gasteiger partial charge in [-0.3, -0.25) is 4.68 Å². The highest BCUT2D eigenvalue weighted by Gasteiger charge is 2.12. The van der Waals surface area contributed by atoms with Crippen LogP contribution in [0.5, 0.6) is 0 Å². The average molecular weight is 278 g/mol. The lowest BCUT2D eigenvalue weighted by Gasteiger charge is -2.19. The maximum absolute atomic E-state index is 4.12. The molecule has 0 spiro atoms. The normalized spacial score (nSPS) is 10.9. The fraction of sp³-hybridized carbons (Fsp3) is 0.176. The zero-order valence-electron chi connectivity index (χ0n) is 11.8. The zero-order chi connectivity index (χ0) is 14.3. The minimum Gasteiger partial charge on any atom is -0.304 e. The molecular weight excluding hydrogens is 260 g/mol. The van der Waals surface area contributed by atoms with Crippen molar-refractivity contribution in [1.82, 2.24) is 20.1 Å². The zero-order valence-corrected chi connectivity index (χ0v) is 11.8. The summed E-state index contributed by atoms with van der Waals surface area (Å²) in [5, 5.41) is 7.73. The Balaban J connectivity index is 1.73. The van der Waals surface area contributed by atoms with Crippen molar-refractivity contribution in [1.29, 1.82) is 0 Å². The monoisotopic (exact) mass is 278 g/mol. The molecule has 1 aromatic heterocycles. The standard InChI is InChI=1S/C17H18N4/c1-3-7-15(8-4-1)17(16-9-5-2-6-10-16)19-11-12-21-14-18-13-20-21/h1-10,13-14,17,19H,11-12H2. The van der Waals surface area contributed by atoms with Crippen molar-refractivity contribution < 1.29 is 0 Å². The summed E-state index contributed by atoms with van der Waals surface area (Å²) in [6, 6.07) is 21.2. The molecule has 0 aliphatic carbocycles. The van der Waals surface area contributed by atoms with E-state index in [9.17, 15) is 0 Å². The summed E-state index contributed by atoms with van der Waals surface area (Å²) in [5.41, 5.74) is 2.53. The van der Waals surface area contributed by atoms with Crippen LogP contribution in [-0.4, -0.2) is 21.3 Å². The highest BCUT2D eigenvalue weighted by molar-refractivity contribution is 5.31. The van der Waals surface area contributed by atoms with Gasteiger partial charge < -0.3 is 5.32 Å². The Hall–Kier alpha value is -2.46. The molecule has 21 heavy (non-hydrogen) atoms. The summed E-state index contributed by atoms with van der Waals surface area (Å²) in [6.45, 7) is 1.63. The Morgan fingerprint density at radius 3 is 2.05 bits per heavy atom. The molecule has 1 heterocycles. The number of nitrogens with zero attached hydrogens (tertiary/aromatic N) is 3. The lowest BCUT2D eigenvalue weighted by atomic mass is 9.99. The summed E-state index contributed by atoms with van der Waals surface area (Å²) < 4.78 is 1.83. The van der Waals surface area contributed by atoms with Gasteiger partial charge in [0.2, 0.25) is 0 Å². The van der Waals surface area contributed by atoms with Crippen LogP contribution in [-0.2, 0) is 6.54 Å². The fourth-order valence-corrected chi connectivity index (χ4v) is 2.39. The van der Waals surface area contributed by atoms with Gasteiger partial charge in [-0.1, -0.05) is 60.7 Å². The predicted molar refractivity (Wildman–Crippen MR) is 82.8 cm³/mol. The van der Waals surface area contributed by atoms with E-state index in [2.05, 4.69) is 63.9 Å². The first-order valence-corrected chi connectivity index (χ1v) is 7.09. The van der Waals surface area contributed by atoms with Crippen LogP contribution in [0.15, 0.2) is 73.3 Å². The van der Waals surface area contributed by atoms with Gasteiger partial charge in [-0.05, 0) is 11.1 Å². The molecular formula is C17H18N4. The lowest BCUT2D eigenvalue weighted by molar-refractivity contribution is 0.521. The molecule has 3 aromatic rings. The second-order valence-electron chi connectivity index (χ2n) is 4.87. The molecule has 0 aliphatic heterocycles. The number of rotatable bonds is 6. The highest BCUT2D eigenvalue weighted by Crippen LogP contribution is 2.21. The topological polar surface area (TPSA) is 42.7 Å². The first kappa shape index (κ1) is 13.5. The minimum atomic E-state index is 0.191. The maximum atomic E-state index is 4.12. The number of benzene rings is 2. The largest absolute Gasteiger partial charge is 0.304 e. The molecule has 0 aliphatic rings. The van der Waals surface area contributed by atoms with E-state index < -0.39 is 0 Å². The maximum Gasteiger partial charge on any atom is 0.137 e. The van der Waals surface area contributed by atoms with Crippen molar-refractivity contribution >= 4 is 0 Å². The third-order valence-corrected chi connectivity index (χ3v) is 3.42. The summed E-state index contributed by atoms with van der Waals surface area (Å²) in [5.74, 6) is 0. The fourth-order valence-electron chi connectivity index (χ4n) is 2.39. The van der Waals surface area contributed by atoms with Crippen LogP contribution in [0.3, 0.4) is 0 Å². The quantitative estimate of drug-likeness (QED) is 0.754. The van der Waals surface area contributed by atoms with Crippen LogP contribution in [0.4, 0.5) is 0 Å². The first-order valence-electron chi connectivity index (χ1n) is 7.09. The number of aromatic nitrogens is 3. The lowest BCUT2D eigenvalue weighted by Crippen LogP contribution is -2.26. The number of hydrogen-bond acceptors (Lipinski definition) is 3. The van der Waals surface area contributed by atoms with Gasteiger partial charge in [-0.25, -0.2) is 4.98 Å². The van der Waals surface area contributed by atoms with E-state index in [1.807, 2.05) is 16.8 Å². The Kier molecular flexibility index (Phi) is 4.39. The van der Waals surface area contributed by atoms with Gasteiger partial charge in [0.25, 0.3) is 0 Å². The van der Waals surface area contributed by atoms with Gasteiger partial charge >= 0.3 is 0 Å². The number of nitrogens with one attached hydrogen (secondary N) is 1. The molecule has 0 radical (unpaired) electrons. The molecule has 2 aromatic carbocycles. The highest BCUT2D eigenvalue weighted by atomic mass is 15.3. The van der Waals surface area contributed by atoms with Crippen LogP contribution in [0, 0.1) is 0 Å². The van der Waals surface area contributed by atoms with E-state index in [1.54, 1.807) is 12.7 Å². The first-order chi connectivity index (χ1) is 10.4. The van der Waals surface area contributed by atoms with E-state index >= 15 is 0 Å². The molecule has 4 nitrogen and oxygen atoms in total. The van der Waals surface area contributed by atoms with Crippen molar-refractivity contribution in [3.8, 4) is 0 Å². The average Bonchev–Trinajstić information content (AvgIpc) is 3.07. The van der Waals surface area contributed by atoms with Crippen LogP contribution >= 0.6 is 0 Å². The van der Waals surface area contributed by atoms with Crippen molar-refractivity contribution in [2.24, 2.45) is 0 Å². The van der Waals surface area contributed by atoms with E-state index in [0.29, 0.717) is 0 Å². The summed E-state index contributed by atoms with van der Waals surface area (Å²) in [7, 11) is 0. The predicted octanol–water partition coefficient (Wildman–Crippen LogP) is 2.66. The Bertz CT molecular complexity index is 596. The van der Waals surface area contributed by atoms with Crippen LogP contribution in [0.2, 0.25) is 0 Å². The Morgan fingerprint density at radius 2 is 1.52 bits per heavy atom. The minimum absolute atomic E-state index is 0.191. The summed E-state index contributed by atoms with van der Waals surface area (Å²) in [4.78, 5) is 3.96. The molecule has 1 N–H and O–H groups in total. The summed E-state index contributed by atoms with van der Waals surface area (Å²) in [6.07, 6.45) is 3.30. The van der Waals surface area contributed by atoms with Crippen LogP contribution < -0.4 is 5.32 Å². The van der Waals surface area contributed by atoms with E-state index in [0.717, 1.165) is 13.1 Å². The van der Waals surface area contributed by atoms with E-state index in [-0.39, 0.29) is 6.04 Å². The van der Waals surface area contributed by atoms with Gasteiger partial charge in [0.05, 0.1) is 12.6 Å². The van der Waals surface area contributed by atoms with Crippen LogP contribution in [0.1, 0.15) is 17.2 Å². The van der Waals surface area contributed by atoms with Crippen molar-refractivity contribution in [2.45, 2.75) is 12.6 Å². The molecule has 0 atom stereocenters. The van der Waals surface area contributed by atoms with E-state index in [4.69, 9.17) is 0 Å². The third-order valence-electron chi connectivity index (χ3n) is 3.42. The molecule has 0 fully saturated rings. The second-order valence-corrected chi connectivity index (χ2v) is 4.87. The SMILES string of the molecule is c1ccc(C(NCCn2cncn2)c2ccccc2)cc1. The molecule has 0 saturated carbocycles. The van der Waals surface area contributed by atoms with Crippen molar-refractivity contribution in [3.05, 3.63) is 84.4 Å². The van der Waals surface area contributed by atoms with Gasteiger partial charge in [0.1, 0.15) is 12.7 Å². The molecule has 4 heteroatoms. The molecule has 0 amide bonds. The summed E-state index contributed by atoms with van der Waals surface area (Å²) >= 11 is 0. The second kappa shape index (κ2) is 6.81. The molecule has 106 valence electrons. The Labute approximate surface area is 124 Å². The van der Waals surface area contributed by atoms with Gasteiger partial charge in [0, 0.05) is 6.54 Å². The Morgan fingerprint density at radius 1 is 0.905 bits per heavy atom. The molecule has 0 unspecified atom stereocenters. The third kappa shape index (κ3) is 3.55. The van der Waals surface area contributed by atoms with Gasteiger partial charge in [-0.15, -0.1) is 0 Å². The van der Waals surface area contributed by atoms with E-state index in [1.165, 1.54) is 11.1 Å². The van der Waals surface area contributed by atoms with Gasteiger partial charge in [-0.2, -0.15) is 5.10 Å². The smallest absolute Gasteiger partial charge is 0.137 e. The number of hydrogen-bond donors (Lipinski definition) is 1. The molecule has 0 bridgehead atoms. The van der Waals surface area contributed by atoms with Crippen LogP contribution in [0.25, 0.3) is 0 Å². The van der Waals surface area contributed by atoms with Crippen molar-refractivity contribution in [3.63, 3.8) is 0 Å². The van der Waals surface area contributed by atoms with Crippen molar-refractivity contribution in [2.75, 3.05) is 6.54 Å².